The lowest BCUT2D eigenvalue weighted by Gasteiger charge is -2.19. The molecule has 0 bridgehead atoms. The number of primary amides is 1. The number of rotatable bonds is 6. The van der Waals surface area contributed by atoms with E-state index in [-0.39, 0.29) is 12.2 Å². The van der Waals surface area contributed by atoms with E-state index < -0.39 is 17.9 Å². The molecule has 136 valence electrons. The van der Waals surface area contributed by atoms with Gasteiger partial charge >= 0.3 is 0 Å². The molecule has 2 amide bonds. The standard InChI is InChI=1S/C20H22N2O4/c1-20(2)11-14-9-6-10-15(18(14)26-20)25-12-16(23)22-17(19(21)24)13-7-4-3-5-8-13/h3-10,17H,11-12H2,1-2H3,(H2,21,24)(H,22,23). The number of hydrogen-bond donors (Lipinski definition) is 2. The van der Waals surface area contributed by atoms with E-state index in [1.807, 2.05) is 32.0 Å². The van der Waals surface area contributed by atoms with Crippen LogP contribution in [0.15, 0.2) is 48.5 Å². The van der Waals surface area contributed by atoms with Crippen LogP contribution in [0.3, 0.4) is 0 Å². The number of fused-ring (bicyclic) bond motifs is 1. The van der Waals surface area contributed by atoms with Crippen LogP contribution >= 0.6 is 0 Å². The normalized spacial score (nSPS) is 15.5. The fraction of sp³-hybridized carbons (Fsp3) is 0.300. The topological polar surface area (TPSA) is 90.6 Å². The van der Waals surface area contributed by atoms with Crippen LogP contribution in [0.2, 0.25) is 0 Å². The average molecular weight is 354 g/mol. The quantitative estimate of drug-likeness (QED) is 0.831. The summed E-state index contributed by atoms with van der Waals surface area (Å²) in [5, 5.41) is 2.61. The monoisotopic (exact) mass is 354 g/mol. The van der Waals surface area contributed by atoms with E-state index >= 15 is 0 Å². The van der Waals surface area contributed by atoms with Crippen molar-refractivity contribution in [2.75, 3.05) is 6.61 Å². The number of para-hydroxylation sites is 1. The van der Waals surface area contributed by atoms with Gasteiger partial charge in [0.25, 0.3) is 5.91 Å². The first-order valence-corrected chi connectivity index (χ1v) is 8.43. The highest BCUT2D eigenvalue weighted by Crippen LogP contribution is 2.41. The number of nitrogens with two attached hydrogens (primary N) is 1. The molecule has 1 aliphatic heterocycles. The van der Waals surface area contributed by atoms with Gasteiger partial charge in [0.2, 0.25) is 5.91 Å². The van der Waals surface area contributed by atoms with Crippen LogP contribution in [0.25, 0.3) is 0 Å². The van der Waals surface area contributed by atoms with Gasteiger partial charge < -0.3 is 20.5 Å². The molecule has 0 saturated carbocycles. The number of carbonyl (C=O) groups excluding carboxylic acids is 2. The van der Waals surface area contributed by atoms with E-state index in [0.717, 1.165) is 12.0 Å². The number of amides is 2. The molecule has 6 heteroatoms. The van der Waals surface area contributed by atoms with E-state index in [0.29, 0.717) is 17.1 Å². The molecule has 0 radical (unpaired) electrons. The average Bonchev–Trinajstić information content (AvgIpc) is 2.92. The van der Waals surface area contributed by atoms with E-state index in [1.54, 1.807) is 30.3 Å². The molecule has 1 heterocycles. The maximum atomic E-state index is 12.2. The number of carbonyl (C=O) groups is 2. The first kappa shape index (κ1) is 17.8. The molecule has 26 heavy (non-hydrogen) atoms. The predicted molar refractivity (Wildman–Crippen MR) is 96.9 cm³/mol. The van der Waals surface area contributed by atoms with E-state index in [1.165, 1.54) is 0 Å². The second-order valence-corrected chi connectivity index (χ2v) is 6.89. The molecule has 2 aromatic rings. The van der Waals surface area contributed by atoms with Crippen LogP contribution in [0.5, 0.6) is 11.5 Å². The number of nitrogens with one attached hydrogen (secondary N) is 1. The zero-order chi connectivity index (χ0) is 18.7. The summed E-state index contributed by atoms with van der Waals surface area (Å²) in [6.45, 7) is 3.76. The van der Waals surface area contributed by atoms with Gasteiger partial charge in [-0.3, -0.25) is 9.59 Å². The molecule has 1 atom stereocenters. The highest BCUT2D eigenvalue weighted by atomic mass is 16.5. The molecule has 3 N–H and O–H groups in total. The van der Waals surface area contributed by atoms with Crippen molar-refractivity contribution in [3.63, 3.8) is 0 Å². The molecule has 0 aliphatic carbocycles. The highest BCUT2D eigenvalue weighted by Gasteiger charge is 2.32. The summed E-state index contributed by atoms with van der Waals surface area (Å²) in [5.41, 5.74) is 6.79. The smallest absolute Gasteiger partial charge is 0.258 e. The van der Waals surface area contributed by atoms with E-state index in [9.17, 15) is 9.59 Å². The third kappa shape index (κ3) is 3.96. The first-order chi connectivity index (χ1) is 12.4. The van der Waals surface area contributed by atoms with Crippen LogP contribution in [0.4, 0.5) is 0 Å². The largest absolute Gasteiger partial charge is 0.483 e. The summed E-state index contributed by atoms with van der Waals surface area (Å²) in [6, 6.07) is 13.6. The Kier molecular flexibility index (Phi) is 4.84. The van der Waals surface area contributed by atoms with Crippen LogP contribution in [-0.2, 0) is 16.0 Å². The third-order valence-corrected chi connectivity index (χ3v) is 4.14. The van der Waals surface area contributed by atoms with E-state index in [4.69, 9.17) is 15.2 Å². The van der Waals surface area contributed by atoms with E-state index in [2.05, 4.69) is 5.32 Å². The summed E-state index contributed by atoms with van der Waals surface area (Å²) >= 11 is 0. The second kappa shape index (κ2) is 7.07. The fourth-order valence-corrected chi connectivity index (χ4v) is 3.01. The predicted octanol–water partition coefficient (Wildman–Crippen LogP) is 2.12. The van der Waals surface area contributed by atoms with Gasteiger partial charge in [-0.25, -0.2) is 0 Å². The molecular weight excluding hydrogens is 332 g/mol. The summed E-state index contributed by atoms with van der Waals surface area (Å²) < 4.78 is 11.5. The Morgan fingerprint density at radius 3 is 2.62 bits per heavy atom. The lowest BCUT2D eigenvalue weighted by Crippen LogP contribution is -2.39. The number of ether oxygens (including phenoxy) is 2. The first-order valence-electron chi connectivity index (χ1n) is 8.43. The molecule has 3 rings (SSSR count). The molecular formula is C20H22N2O4. The molecule has 0 aromatic heterocycles. The van der Waals surface area contributed by atoms with Crippen molar-refractivity contribution in [2.45, 2.75) is 31.9 Å². The minimum absolute atomic E-state index is 0.239. The Morgan fingerprint density at radius 1 is 1.19 bits per heavy atom. The van der Waals surface area contributed by atoms with Gasteiger partial charge in [-0.1, -0.05) is 42.5 Å². The van der Waals surface area contributed by atoms with Gasteiger partial charge in [-0.05, 0) is 25.5 Å². The van der Waals surface area contributed by atoms with Gasteiger partial charge in [0, 0.05) is 12.0 Å². The SMILES string of the molecule is CC1(C)Cc2cccc(OCC(=O)NC(C(N)=O)c3ccccc3)c2O1. The van der Waals surface area contributed by atoms with Crippen molar-refractivity contribution < 1.29 is 19.1 Å². The minimum atomic E-state index is -0.899. The summed E-state index contributed by atoms with van der Waals surface area (Å²) in [4.78, 5) is 23.9. The maximum absolute atomic E-state index is 12.2. The van der Waals surface area contributed by atoms with Crippen molar-refractivity contribution in [3.05, 3.63) is 59.7 Å². The van der Waals surface area contributed by atoms with Crippen LogP contribution in [0, 0.1) is 0 Å². The van der Waals surface area contributed by atoms with Crippen molar-refractivity contribution in [3.8, 4) is 11.5 Å². The van der Waals surface area contributed by atoms with Gasteiger partial charge in [-0.15, -0.1) is 0 Å². The third-order valence-electron chi connectivity index (χ3n) is 4.14. The molecule has 0 saturated heterocycles. The Balaban J connectivity index is 1.65. The van der Waals surface area contributed by atoms with Gasteiger partial charge in [0.15, 0.2) is 18.1 Å². The highest BCUT2D eigenvalue weighted by molar-refractivity contribution is 5.88. The molecule has 0 spiro atoms. The molecule has 1 unspecified atom stereocenters. The summed E-state index contributed by atoms with van der Waals surface area (Å²) in [6.07, 6.45) is 0.781. The number of hydrogen-bond acceptors (Lipinski definition) is 4. The van der Waals surface area contributed by atoms with Crippen LogP contribution in [-0.4, -0.2) is 24.0 Å². The van der Waals surface area contributed by atoms with Crippen LogP contribution in [0.1, 0.15) is 31.0 Å². The van der Waals surface area contributed by atoms with Crippen molar-refractivity contribution in [1.82, 2.24) is 5.32 Å². The molecule has 1 aliphatic rings. The molecule has 6 nitrogen and oxygen atoms in total. The zero-order valence-electron chi connectivity index (χ0n) is 14.8. The van der Waals surface area contributed by atoms with Crippen molar-refractivity contribution in [1.29, 1.82) is 0 Å². The number of benzene rings is 2. The summed E-state index contributed by atoms with van der Waals surface area (Å²) in [5.74, 6) is 0.112. The summed E-state index contributed by atoms with van der Waals surface area (Å²) in [7, 11) is 0. The van der Waals surface area contributed by atoms with Gasteiger partial charge in [-0.2, -0.15) is 0 Å². The minimum Gasteiger partial charge on any atom is -0.483 e. The Morgan fingerprint density at radius 2 is 1.92 bits per heavy atom. The molecule has 0 fully saturated rings. The lowest BCUT2D eigenvalue weighted by atomic mass is 10.0. The Hall–Kier alpha value is -3.02. The Labute approximate surface area is 152 Å². The second-order valence-electron chi connectivity index (χ2n) is 6.89. The van der Waals surface area contributed by atoms with Gasteiger partial charge in [0.05, 0.1) is 0 Å². The van der Waals surface area contributed by atoms with Gasteiger partial charge in [0.1, 0.15) is 11.6 Å². The Bertz CT molecular complexity index is 818. The van der Waals surface area contributed by atoms with Crippen molar-refractivity contribution in [2.24, 2.45) is 5.73 Å². The van der Waals surface area contributed by atoms with Crippen molar-refractivity contribution >= 4 is 11.8 Å². The van der Waals surface area contributed by atoms with Crippen LogP contribution < -0.4 is 20.5 Å². The molecule has 2 aromatic carbocycles. The fourth-order valence-electron chi connectivity index (χ4n) is 3.01. The lowest BCUT2D eigenvalue weighted by molar-refractivity contribution is -0.128. The zero-order valence-corrected chi connectivity index (χ0v) is 14.8. The maximum Gasteiger partial charge on any atom is 0.258 e.